The van der Waals surface area contributed by atoms with E-state index >= 15 is 0 Å². The molecule has 0 radical (unpaired) electrons. The number of nitrogens with one attached hydrogen (secondary N) is 1. The topological polar surface area (TPSA) is 67.9 Å². The maximum absolute atomic E-state index is 13.5. The lowest BCUT2D eigenvalue weighted by atomic mass is 10.0. The molecule has 3 rings (SSSR count). The SMILES string of the molecule is CCC(=O)N(Cc1ccc(OC)cc1)[C@@H](C(=O)NCc1ccccc1OC)c1ccccc1. The first-order chi connectivity index (χ1) is 16.1. The maximum Gasteiger partial charge on any atom is 0.247 e. The molecule has 3 aromatic carbocycles. The zero-order valence-corrected chi connectivity index (χ0v) is 19.3. The van der Waals surface area contributed by atoms with E-state index in [1.54, 1.807) is 26.0 Å². The lowest BCUT2D eigenvalue weighted by Crippen LogP contribution is -2.43. The van der Waals surface area contributed by atoms with Crippen LogP contribution < -0.4 is 14.8 Å². The van der Waals surface area contributed by atoms with Crippen LogP contribution in [0.1, 0.15) is 36.1 Å². The molecule has 1 atom stereocenters. The van der Waals surface area contributed by atoms with Gasteiger partial charge in [0.05, 0.1) is 14.2 Å². The van der Waals surface area contributed by atoms with Crippen LogP contribution >= 0.6 is 0 Å². The highest BCUT2D eigenvalue weighted by Gasteiger charge is 2.30. The molecule has 0 heterocycles. The number of hydrogen-bond acceptors (Lipinski definition) is 4. The second-order valence-corrected chi connectivity index (χ2v) is 7.57. The van der Waals surface area contributed by atoms with Crippen LogP contribution in [-0.2, 0) is 22.7 Å². The molecular weight excluding hydrogens is 416 g/mol. The van der Waals surface area contributed by atoms with Crippen LogP contribution in [0.25, 0.3) is 0 Å². The van der Waals surface area contributed by atoms with Crippen LogP contribution in [0.5, 0.6) is 11.5 Å². The predicted octanol–water partition coefficient (Wildman–Crippen LogP) is 4.50. The molecule has 0 unspecified atom stereocenters. The van der Waals surface area contributed by atoms with Gasteiger partial charge in [-0.1, -0.05) is 67.6 Å². The number of para-hydroxylation sites is 1. The second-order valence-electron chi connectivity index (χ2n) is 7.57. The Hall–Kier alpha value is -3.80. The van der Waals surface area contributed by atoms with E-state index in [0.717, 1.165) is 22.4 Å². The van der Waals surface area contributed by atoms with Crippen LogP contribution in [0.15, 0.2) is 78.9 Å². The summed E-state index contributed by atoms with van der Waals surface area (Å²) in [6.45, 7) is 2.40. The standard InChI is InChI=1S/C27H30N2O4/c1-4-25(30)29(19-20-14-16-23(32-2)17-15-20)26(21-10-6-5-7-11-21)27(31)28-18-22-12-8-9-13-24(22)33-3/h5-17,26H,4,18-19H2,1-3H3,(H,28,31)/t26-/m1/s1. The number of carbonyl (C=O) groups excluding carboxylic acids is 2. The highest BCUT2D eigenvalue weighted by Crippen LogP contribution is 2.26. The average Bonchev–Trinajstić information content (AvgIpc) is 2.87. The predicted molar refractivity (Wildman–Crippen MR) is 128 cm³/mol. The molecule has 0 bridgehead atoms. The summed E-state index contributed by atoms with van der Waals surface area (Å²) in [5.41, 5.74) is 2.53. The van der Waals surface area contributed by atoms with Crippen molar-refractivity contribution in [2.75, 3.05) is 14.2 Å². The number of hydrogen-bond donors (Lipinski definition) is 1. The van der Waals surface area contributed by atoms with Crippen molar-refractivity contribution in [1.29, 1.82) is 0 Å². The van der Waals surface area contributed by atoms with Crippen molar-refractivity contribution in [2.45, 2.75) is 32.5 Å². The van der Waals surface area contributed by atoms with Crippen molar-refractivity contribution in [2.24, 2.45) is 0 Å². The number of benzene rings is 3. The first kappa shape index (κ1) is 23.9. The second kappa shape index (κ2) is 11.7. The molecule has 3 aromatic rings. The van der Waals surface area contributed by atoms with Gasteiger partial charge in [-0.25, -0.2) is 0 Å². The highest BCUT2D eigenvalue weighted by molar-refractivity contribution is 5.88. The van der Waals surface area contributed by atoms with Crippen LogP contribution in [-0.4, -0.2) is 30.9 Å². The quantitative estimate of drug-likeness (QED) is 0.498. The Morgan fingerprint density at radius 1 is 0.879 bits per heavy atom. The van der Waals surface area contributed by atoms with Crippen molar-refractivity contribution >= 4 is 11.8 Å². The van der Waals surface area contributed by atoms with Gasteiger partial charge in [0.15, 0.2) is 0 Å². The Balaban J connectivity index is 1.90. The zero-order valence-electron chi connectivity index (χ0n) is 19.3. The molecule has 0 aromatic heterocycles. The van der Waals surface area contributed by atoms with Gasteiger partial charge in [-0.2, -0.15) is 0 Å². The van der Waals surface area contributed by atoms with Crippen molar-refractivity contribution in [3.05, 3.63) is 95.6 Å². The molecule has 0 aliphatic heterocycles. The van der Waals surface area contributed by atoms with Gasteiger partial charge in [0.25, 0.3) is 0 Å². The van der Waals surface area contributed by atoms with Gasteiger partial charge in [-0.05, 0) is 29.3 Å². The molecule has 172 valence electrons. The molecule has 1 N–H and O–H groups in total. The average molecular weight is 447 g/mol. The van der Waals surface area contributed by atoms with Gasteiger partial charge in [0, 0.05) is 25.1 Å². The molecule has 33 heavy (non-hydrogen) atoms. The summed E-state index contributed by atoms with van der Waals surface area (Å²) in [7, 11) is 3.21. The smallest absolute Gasteiger partial charge is 0.247 e. The van der Waals surface area contributed by atoms with E-state index in [1.807, 2.05) is 78.9 Å². The van der Waals surface area contributed by atoms with Gasteiger partial charge in [-0.15, -0.1) is 0 Å². The summed E-state index contributed by atoms with van der Waals surface area (Å²) >= 11 is 0. The van der Waals surface area contributed by atoms with Gasteiger partial charge in [0.2, 0.25) is 11.8 Å². The Kier molecular flexibility index (Phi) is 8.47. The van der Waals surface area contributed by atoms with E-state index < -0.39 is 6.04 Å². The molecule has 0 spiro atoms. The highest BCUT2D eigenvalue weighted by atomic mass is 16.5. The summed E-state index contributed by atoms with van der Waals surface area (Å²) in [4.78, 5) is 28.2. The molecule has 2 amide bonds. The van der Waals surface area contributed by atoms with E-state index in [1.165, 1.54) is 0 Å². The third kappa shape index (κ3) is 6.13. The zero-order chi connectivity index (χ0) is 23.6. The van der Waals surface area contributed by atoms with E-state index in [-0.39, 0.29) is 11.8 Å². The van der Waals surface area contributed by atoms with Gasteiger partial charge in [-0.3, -0.25) is 9.59 Å². The van der Waals surface area contributed by atoms with E-state index in [0.29, 0.717) is 25.3 Å². The monoisotopic (exact) mass is 446 g/mol. The normalized spacial score (nSPS) is 11.4. The van der Waals surface area contributed by atoms with Crippen molar-refractivity contribution in [3.63, 3.8) is 0 Å². The minimum atomic E-state index is -0.768. The molecule has 0 saturated heterocycles. The van der Waals surface area contributed by atoms with Crippen LogP contribution in [0.3, 0.4) is 0 Å². The minimum Gasteiger partial charge on any atom is -0.497 e. The maximum atomic E-state index is 13.5. The number of methoxy groups -OCH3 is 2. The summed E-state index contributed by atoms with van der Waals surface area (Å²) in [6, 6.07) is 23.7. The third-order valence-electron chi connectivity index (χ3n) is 5.46. The van der Waals surface area contributed by atoms with Gasteiger partial charge >= 0.3 is 0 Å². The van der Waals surface area contributed by atoms with E-state index in [4.69, 9.17) is 9.47 Å². The number of rotatable bonds is 10. The van der Waals surface area contributed by atoms with Crippen molar-refractivity contribution < 1.29 is 19.1 Å². The van der Waals surface area contributed by atoms with Crippen LogP contribution in [0, 0.1) is 0 Å². The number of nitrogens with zero attached hydrogens (tertiary/aromatic N) is 1. The van der Waals surface area contributed by atoms with Crippen molar-refractivity contribution in [3.8, 4) is 11.5 Å². The number of amides is 2. The van der Waals surface area contributed by atoms with Gasteiger partial charge in [0.1, 0.15) is 17.5 Å². The summed E-state index contributed by atoms with van der Waals surface area (Å²) < 4.78 is 10.6. The first-order valence-corrected chi connectivity index (χ1v) is 10.9. The van der Waals surface area contributed by atoms with E-state index in [9.17, 15) is 9.59 Å². The largest absolute Gasteiger partial charge is 0.497 e. The Morgan fingerprint density at radius 3 is 2.18 bits per heavy atom. The minimum absolute atomic E-state index is 0.105. The fourth-order valence-corrected chi connectivity index (χ4v) is 3.69. The lowest BCUT2D eigenvalue weighted by Gasteiger charge is -2.31. The Bertz CT molecular complexity index is 1050. The first-order valence-electron chi connectivity index (χ1n) is 10.9. The Labute approximate surface area is 195 Å². The van der Waals surface area contributed by atoms with Crippen LogP contribution in [0.4, 0.5) is 0 Å². The number of carbonyl (C=O) groups is 2. The molecule has 0 fully saturated rings. The molecule has 0 saturated carbocycles. The molecule has 0 aliphatic rings. The summed E-state index contributed by atoms with van der Waals surface area (Å²) in [5, 5.41) is 3.00. The number of ether oxygens (including phenoxy) is 2. The van der Waals surface area contributed by atoms with Gasteiger partial charge < -0.3 is 19.7 Å². The third-order valence-corrected chi connectivity index (χ3v) is 5.46. The fourth-order valence-electron chi connectivity index (χ4n) is 3.69. The fraction of sp³-hybridized carbons (Fsp3) is 0.259. The summed E-state index contributed by atoms with van der Waals surface area (Å²) in [6.07, 6.45) is 0.291. The lowest BCUT2D eigenvalue weighted by molar-refractivity contribution is -0.141. The molecule has 6 nitrogen and oxygen atoms in total. The van der Waals surface area contributed by atoms with E-state index in [2.05, 4.69) is 5.32 Å². The molecular formula is C27H30N2O4. The van der Waals surface area contributed by atoms with Crippen molar-refractivity contribution in [1.82, 2.24) is 10.2 Å². The van der Waals surface area contributed by atoms with Crippen LogP contribution in [0.2, 0.25) is 0 Å². The molecule has 6 heteroatoms. The molecule has 0 aliphatic carbocycles. The Morgan fingerprint density at radius 2 is 1.55 bits per heavy atom. The summed E-state index contributed by atoms with van der Waals surface area (Å²) in [5.74, 6) is 1.09.